The number of nitrogens with zero attached hydrogens (tertiary/aromatic N) is 2. The van der Waals surface area contributed by atoms with Gasteiger partial charge >= 0.3 is 6.47 Å². The minimum absolute atomic E-state index is 0.00110. The molecule has 0 bridgehead atoms. The summed E-state index contributed by atoms with van der Waals surface area (Å²) >= 11 is 7.73. The van der Waals surface area contributed by atoms with Gasteiger partial charge in [0.2, 0.25) is 0 Å². The summed E-state index contributed by atoms with van der Waals surface area (Å²) in [5, 5.41) is 4.81. The summed E-state index contributed by atoms with van der Waals surface area (Å²) in [7, 11) is 0. The van der Waals surface area contributed by atoms with Gasteiger partial charge < -0.3 is 9.74 Å². The third-order valence-corrected chi connectivity index (χ3v) is 8.45. The summed E-state index contributed by atoms with van der Waals surface area (Å²) < 4.78 is 0. The quantitative estimate of drug-likeness (QED) is 0.0242. The highest BCUT2D eigenvalue weighted by Gasteiger charge is 2.16. The van der Waals surface area contributed by atoms with E-state index >= 15 is 0 Å². The summed E-state index contributed by atoms with van der Waals surface area (Å²) in [6, 6.07) is 41.2. The van der Waals surface area contributed by atoms with E-state index in [2.05, 4.69) is 10.1 Å². The molecule has 0 aliphatic rings. The molecule has 5 rings (SSSR count). The number of ketones is 1. The second kappa shape index (κ2) is 17.7. The van der Waals surface area contributed by atoms with Crippen LogP contribution in [0.4, 0.5) is 17.1 Å². The summed E-state index contributed by atoms with van der Waals surface area (Å²) in [5.74, 6) is 0.880. The Kier molecular flexibility index (Phi) is 13.2. The third-order valence-electron chi connectivity index (χ3n) is 7.10. The molecule has 0 unspecified atom stereocenters. The molecule has 0 heterocycles. The number of rotatable bonds is 13. The molecule has 5 nitrogen and oxygen atoms in total. The number of aryl methyl sites for hydroxylation is 1. The molecule has 0 fully saturated rings. The predicted octanol–water partition coefficient (Wildman–Crippen LogP) is 10.8. The highest BCUT2D eigenvalue weighted by atomic mass is 35.5. The second-order valence-corrected chi connectivity index (χ2v) is 11.7. The molecule has 0 aliphatic heterocycles. The van der Waals surface area contributed by atoms with E-state index in [1.54, 1.807) is 11.8 Å². The van der Waals surface area contributed by atoms with E-state index in [1.165, 1.54) is 0 Å². The van der Waals surface area contributed by atoms with Crippen molar-refractivity contribution >= 4 is 58.4 Å². The SMILES string of the molecule is CC.Cc1ccccc1C(=O)c1ccc(N(c2ccccc2)c2ccc(/C(CCCSc3ccc(Cl)cc3)=N/OC=O)cc2)cc1. The Hall–Kier alpha value is -4.65. The van der Waals surface area contributed by atoms with Gasteiger partial charge in [-0.15, -0.1) is 11.8 Å². The summed E-state index contributed by atoms with van der Waals surface area (Å²) in [4.78, 5) is 32.2. The molecule has 0 radical (unpaired) electrons. The predicted molar refractivity (Wildman–Crippen MR) is 192 cm³/mol. The summed E-state index contributed by atoms with van der Waals surface area (Å²) in [6.07, 6.45) is 1.49. The normalized spacial score (nSPS) is 10.8. The van der Waals surface area contributed by atoms with E-state index in [0.29, 0.717) is 34.8 Å². The molecule has 0 spiro atoms. The van der Waals surface area contributed by atoms with Crippen molar-refractivity contribution in [3.05, 3.63) is 155 Å². The van der Waals surface area contributed by atoms with Crippen molar-refractivity contribution in [1.82, 2.24) is 0 Å². The lowest BCUT2D eigenvalue weighted by Gasteiger charge is -2.26. The molecular formula is C39H37ClN2O3S. The van der Waals surface area contributed by atoms with Crippen molar-refractivity contribution in [3.8, 4) is 0 Å². The number of halogens is 1. The van der Waals surface area contributed by atoms with E-state index in [0.717, 1.165) is 45.3 Å². The van der Waals surface area contributed by atoms with Crippen LogP contribution in [-0.2, 0) is 9.63 Å². The molecule has 234 valence electrons. The standard InChI is InChI=1S/C37H31ClN2O3S.C2H6/c1-27-8-5-6-11-35(27)37(42)29-15-21-33(22-16-29)40(31-9-3-2-4-10-31)32-19-13-28(14-20-32)36(39-43-26-41)12-7-25-44-34-23-17-30(38)18-24-34;1-2/h2-6,8-11,13-24,26H,7,12,25H2,1H3;1-2H3/b39-36+;. The van der Waals surface area contributed by atoms with Gasteiger partial charge in [0, 0.05) is 38.1 Å². The second-order valence-electron chi connectivity index (χ2n) is 10.1. The van der Waals surface area contributed by atoms with Crippen LogP contribution in [-0.4, -0.2) is 23.7 Å². The van der Waals surface area contributed by atoms with Crippen LogP contribution in [0.3, 0.4) is 0 Å². The van der Waals surface area contributed by atoms with Gasteiger partial charge in [0.05, 0.1) is 5.71 Å². The number of para-hydroxylation sites is 1. The molecule has 0 amide bonds. The molecule has 7 heteroatoms. The van der Waals surface area contributed by atoms with Crippen molar-refractivity contribution < 1.29 is 14.4 Å². The average molecular weight is 649 g/mol. The molecule has 0 saturated heterocycles. The van der Waals surface area contributed by atoms with Crippen LogP contribution < -0.4 is 4.90 Å². The first-order valence-corrected chi connectivity index (χ1v) is 16.6. The highest BCUT2D eigenvalue weighted by molar-refractivity contribution is 7.99. The highest BCUT2D eigenvalue weighted by Crippen LogP contribution is 2.35. The fourth-order valence-electron chi connectivity index (χ4n) is 4.86. The molecule has 0 saturated carbocycles. The lowest BCUT2D eigenvalue weighted by atomic mass is 9.99. The largest absolute Gasteiger partial charge is 0.323 e. The molecule has 5 aromatic carbocycles. The Labute approximate surface area is 280 Å². The van der Waals surface area contributed by atoms with Gasteiger partial charge in [-0.2, -0.15) is 0 Å². The van der Waals surface area contributed by atoms with Crippen LogP contribution in [0.2, 0.25) is 5.02 Å². The molecule has 46 heavy (non-hydrogen) atoms. The third kappa shape index (κ3) is 9.19. The van der Waals surface area contributed by atoms with Crippen molar-refractivity contribution in [2.24, 2.45) is 5.16 Å². The monoisotopic (exact) mass is 648 g/mol. The van der Waals surface area contributed by atoms with Crippen LogP contribution in [0.5, 0.6) is 0 Å². The van der Waals surface area contributed by atoms with Crippen LogP contribution in [0.1, 0.15) is 53.7 Å². The number of carbonyl (C=O) groups is 2. The molecule has 0 N–H and O–H groups in total. The zero-order valence-electron chi connectivity index (χ0n) is 26.2. The number of oxime groups is 1. The van der Waals surface area contributed by atoms with Gasteiger partial charge in [-0.1, -0.05) is 85.2 Å². The van der Waals surface area contributed by atoms with Gasteiger partial charge in [0.15, 0.2) is 5.78 Å². The number of carbonyl (C=O) groups excluding carboxylic acids is 2. The number of hydrogen-bond acceptors (Lipinski definition) is 6. The average Bonchev–Trinajstić information content (AvgIpc) is 3.11. The lowest BCUT2D eigenvalue weighted by Crippen LogP contribution is -2.11. The maximum atomic E-state index is 13.2. The van der Waals surface area contributed by atoms with Gasteiger partial charge in [-0.3, -0.25) is 9.59 Å². The number of thioether (sulfide) groups is 1. The summed E-state index contributed by atoms with van der Waals surface area (Å²) in [6.45, 7) is 6.28. The minimum atomic E-state index is 0.00110. The Bertz CT molecular complexity index is 1720. The smallest absolute Gasteiger partial charge is 0.321 e. The first-order valence-electron chi connectivity index (χ1n) is 15.2. The molecule has 5 aromatic rings. The van der Waals surface area contributed by atoms with E-state index in [-0.39, 0.29) is 5.78 Å². The van der Waals surface area contributed by atoms with Crippen LogP contribution in [0, 0.1) is 6.92 Å². The Morgan fingerprint density at radius 1 is 0.761 bits per heavy atom. The van der Waals surface area contributed by atoms with Gasteiger partial charge in [0.1, 0.15) is 0 Å². The maximum Gasteiger partial charge on any atom is 0.323 e. The first kappa shape index (κ1) is 34.2. The van der Waals surface area contributed by atoms with E-state index < -0.39 is 0 Å². The van der Waals surface area contributed by atoms with Crippen LogP contribution in [0.15, 0.2) is 137 Å². The lowest BCUT2D eigenvalue weighted by molar-refractivity contribution is -0.128. The zero-order chi connectivity index (χ0) is 32.7. The molecular weight excluding hydrogens is 612 g/mol. The fourth-order valence-corrected chi connectivity index (χ4v) is 5.84. The van der Waals surface area contributed by atoms with Gasteiger partial charge in [-0.25, -0.2) is 0 Å². The van der Waals surface area contributed by atoms with Crippen LogP contribution >= 0.6 is 23.4 Å². The molecule has 0 atom stereocenters. The number of hydrogen-bond donors (Lipinski definition) is 0. The Morgan fingerprint density at radius 2 is 1.33 bits per heavy atom. The Balaban J connectivity index is 0.00000235. The van der Waals surface area contributed by atoms with Gasteiger partial charge in [0.25, 0.3) is 0 Å². The van der Waals surface area contributed by atoms with Crippen molar-refractivity contribution in [2.45, 2.75) is 38.5 Å². The summed E-state index contributed by atoms with van der Waals surface area (Å²) in [5.41, 5.74) is 6.71. The van der Waals surface area contributed by atoms with E-state index in [4.69, 9.17) is 16.4 Å². The first-order chi connectivity index (χ1) is 22.5. The zero-order valence-corrected chi connectivity index (χ0v) is 27.8. The van der Waals surface area contributed by atoms with E-state index in [1.807, 2.05) is 148 Å². The van der Waals surface area contributed by atoms with Crippen molar-refractivity contribution in [3.63, 3.8) is 0 Å². The fraction of sp³-hybridized carbons (Fsp3) is 0.154. The Morgan fingerprint density at radius 3 is 1.93 bits per heavy atom. The number of benzene rings is 5. The van der Waals surface area contributed by atoms with Crippen molar-refractivity contribution in [1.29, 1.82) is 0 Å². The minimum Gasteiger partial charge on any atom is -0.321 e. The van der Waals surface area contributed by atoms with Crippen LogP contribution in [0.25, 0.3) is 0 Å². The van der Waals surface area contributed by atoms with E-state index in [9.17, 15) is 9.59 Å². The topological polar surface area (TPSA) is 59.0 Å². The number of anilines is 3. The maximum absolute atomic E-state index is 13.2. The van der Waals surface area contributed by atoms with Gasteiger partial charge in [-0.05, 0) is 109 Å². The molecule has 0 aromatic heterocycles. The van der Waals surface area contributed by atoms with Crippen molar-refractivity contribution in [2.75, 3.05) is 10.7 Å². The molecule has 0 aliphatic carbocycles.